The van der Waals surface area contributed by atoms with Gasteiger partial charge in [0.1, 0.15) is 0 Å². The van der Waals surface area contributed by atoms with Crippen molar-refractivity contribution in [3.05, 3.63) is 29.8 Å². The highest BCUT2D eigenvalue weighted by Gasteiger charge is 2.19. The van der Waals surface area contributed by atoms with Crippen LogP contribution < -0.4 is 5.32 Å². The molecule has 1 aliphatic rings. The standard InChI is InChI=1S/C15H21NO2S/c1-11-5-7-14(8-6-11)19-12(2)15(17)16-10-13-4-3-9-18-13/h5-8,12-13H,3-4,9-10H2,1-2H3,(H,16,17)/t12-,13+/m0/s1. The van der Waals surface area contributed by atoms with Crippen LogP contribution in [0, 0.1) is 6.92 Å². The third-order valence-corrected chi connectivity index (χ3v) is 4.34. The zero-order valence-corrected chi connectivity index (χ0v) is 12.3. The van der Waals surface area contributed by atoms with E-state index in [1.807, 2.05) is 6.92 Å². The molecule has 1 heterocycles. The van der Waals surface area contributed by atoms with Gasteiger partial charge in [-0.15, -0.1) is 11.8 Å². The Morgan fingerprint density at radius 3 is 2.84 bits per heavy atom. The van der Waals surface area contributed by atoms with Crippen LogP contribution in [0.4, 0.5) is 0 Å². The zero-order valence-electron chi connectivity index (χ0n) is 11.5. The molecule has 1 saturated heterocycles. The van der Waals surface area contributed by atoms with Crippen molar-refractivity contribution in [1.29, 1.82) is 0 Å². The molecule has 0 unspecified atom stereocenters. The van der Waals surface area contributed by atoms with E-state index in [4.69, 9.17) is 4.74 Å². The third kappa shape index (κ3) is 4.55. The molecule has 0 radical (unpaired) electrons. The number of amides is 1. The molecule has 104 valence electrons. The molecular formula is C15H21NO2S. The molecule has 1 fully saturated rings. The van der Waals surface area contributed by atoms with Crippen molar-refractivity contribution in [2.45, 2.75) is 42.9 Å². The van der Waals surface area contributed by atoms with Crippen molar-refractivity contribution < 1.29 is 9.53 Å². The molecular weight excluding hydrogens is 258 g/mol. The number of rotatable bonds is 5. The third-order valence-electron chi connectivity index (χ3n) is 3.23. The van der Waals surface area contributed by atoms with Gasteiger partial charge in [-0.2, -0.15) is 0 Å². The number of carbonyl (C=O) groups is 1. The predicted molar refractivity (Wildman–Crippen MR) is 78.5 cm³/mol. The molecule has 1 N–H and O–H groups in total. The summed E-state index contributed by atoms with van der Waals surface area (Å²) in [7, 11) is 0. The number of carbonyl (C=O) groups excluding carboxylic acids is 1. The number of thioether (sulfide) groups is 1. The summed E-state index contributed by atoms with van der Waals surface area (Å²) in [5.41, 5.74) is 1.24. The lowest BCUT2D eigenvalue weighted by Crippen LogP contribution is -2.36. The predicted octanol–water partition coefficient (Wildman–Crippen LogP) is 2.77. The van der Waals surface area contributed by atoms with Gasteiger partial charge in [0.05, 0.1) is 11.4 Å². The van der Waals surface area contributed by atoms with Crippen LogP contribution in [0.1, 0.15) is 25.3 Å². The summed E-state index contributed by atoms with van der Waals surface area (Å²) >= 11 is 1.59. The average Bonchev–Trinajstić information content (AvgIpc) is 2.91. The Morgan fingerprint density at radius 1 is 1.47 bits per heavy atom. The summed E-state index contributed by atoms with van der Waals surface area (Å²) in [6.45, 7) is 5.47. The van der Waals surface area contributed by atoms with Gasteiger partial charge in [0.25, 0.3) is 0 Å². The fraction of sp³-hybridized carbons (Fsp3) is 0.533. The normalized spacial score (nSPS) is 20.2. The van der Waals surface area contributed by atoms with E-state index in [-0.39, 0.29) is 17.3 Å². The zero-order chi connectivity index (χ0) is 13.7. The molecule has 2 rings (SSSR count). The number of benzene rings is 1. The SMILES string of the molecule is Cc1ccc(S[C@@H](C)C(=O)NC[C@H]2CCCO2)cc1. The fourth-order valence-corrected chi connectivity index (χ4v) is 2.93. The lowest BCUT2D eigenvalue weighted by Gasteiger charge is -2.14. The molecule has 0 aliphatic carbocycles. The lowest BCUT2D eigenvalue weighted by atomic mass is 10.2. The molecule has 1 aliphatic heterocycles. The van der Waals surface area contributed by atoms with Crippen LogP contribution in [-0.4, -0.2) is 30.4 Å². The molecule has 3 nitrogen and oxygen atoms in total. The highest BCUT2D eigenvalue weighted by Crippen LogP contribution is 2.23. The van der Waals surface area contributed by atoms with Crippen LogP contribution in [0.25, 0.3) is 0 Å². The molecule has 0 saturated carbocycles. The van der Waals surface area contributed by atoms with Crippen LogP contribution in [0.2, 0.25) is 0 Å². The van der Waals surface area contributed by atoms with E-state index in [1.165, 1.54) is 5.56 Å². The summed E-state index contributed by atoms with van der Waals surface area (Å²) < 4.78 is 5.49. The van der Waals surface area contributed by atoms with Crippen molar-refractivity contribution in [2.75, 3.05) is 13.2 Å². The van der Waals surface area contributed by atoms with Gasteiger partial charge in [0, 0.05) is 18.0 Å². The summed E-state index contributed by atoms with van der Waals surface area (Å²) in [4.78, 5) is 13.1. The van der Waals surface area contributed by atoms with Crippen LogP contribution in [-0.2, 0) is 9.53 Å². The van der Waals surface area contributed by atoms with E-state index in [2.05, 4.69) is 36.5 Å². The van der Waals surface area contributed by atoms with Crippen LogP contribution in [0.5, 0.6) is 0 Å². The van der Waals surface area contributed by atoms with Gasteiger partial charge in [0.2, 0.25) is 5.91 Å². The number of aryl methyl sites for hydroxylation is 1. The molecule has 4 heteroatoms. The van der Waals surface area contributed by atoms with Crippen LogP contribution >= 0.6 is 11.8 Å². The Bertz CT molecular complexity index is 413. The number of hydrogen-bond acceptors (Lipinski definition) is 3. The average molecular weight is 279 g/mol. The number of ether oxygens (including phenoxy) is 1. The van der Waals surface area contributed by atoms with E-state index < -0.39 is 0 Å². The number of nitrogens with one attached hydrogen (secondary N) is 1. The second-order valence-corrected chi connectivity index (χ2v) is 6.37. The maximum absolute atomic E-state index is 12.0. The number of hydrogen-bond donors (Lipinski definition) is 1. The highest BCUT2D eigenvalue weighted by molar-refractivity contribution is 8.00. The largest absolute Gasteiger partial charge is 0.376 e. The van der Waals surface area contributed by atoms with Gasteiger partial charge in [0.15, 0.2) is 0 Å². The van der Waals surface area contributed by atoms with Gasteiger partial charge in [-0.25, -0.2) is 0 Å². The Kier molecular flexibility index (Phi) is 5.28. The summed E-state index contributed by atoms with van der Waals surface area (Å²) in [5.74, 6) is 0.0843. The van der Waals surface area contributed by atoms with Gasteiger partial charge < -0.3 is 10.1 Å². The minimum Gasteiger partial charge on any atom is -0.376 e. The Hall–Kier alpha value is -1.00. The molecule has 1 amide bonds. The van der Waals surface area contributed by atoms with E-state index in [9.17, 15) is 4.79 Å². The summed E-state index contributed by atoms with van der Waals surface area (Å²) in [5, 5.41) is 2.89. The van der Waals surface area contributed by atoms with E-state index in [0.29, 0.717) is 6.54 Å². The second-order valence-electron chi connectivity index (χ2n) is 4.95. The summed E-state index contributed by atoms with van der Waals surface area (Å²) in [6, 6.07) is 8.26. The minimum absolute atomic E-state index is 0.0795. The van der Waals surface area contributed by atoms with Gasteiger partial charge >= 0.3 is 0 Å². The van der Waals surface area contributed by atoms with Crippen molar-refractivity contribution in [2.24, 2.45) is 0 Å². The Morgan fingerprint density at radius 2 is 2.21 bits per heavy atom. The monoisotopic (exact) mass is 279 g/mol. The highest BCUT2D eigenvalue weighted by atomic mass is 32.2. The van der Waals surface area contributed by atoms with Crippen molar-refractivity contribution >= 4 is 17.7 Å². The van der Waals surface area contributed by atoms with Crippen LogP contribution in [0.15, 0.2) is 29.2 Å². The van der Waals surface area contributed by atoms with Gasteiger partial charge in [-0.1, -0.05) is 17.7 Å². The van der Waals surface area contributed by atoms with E-state index in [1.54, 1.807) is 11.8 Å². The van der Waals surface area contributed by atoms with Gasteiger partial charge in [-0.05, 0) is 38.8 Å². The lowest BCUT2D eigenvalue weighted by molar-refractivity contribution is -0.120. The van der Waals surface area contributed by atoms with Crippen molar-refractivity contribution in [1.82, 2.24) is 5.32 Å². The van der Waals surface area contributed by atoms with Crippen molar-refractivity contribution in [3.63, 3.8) is 0 Å². The first-order valence-electron chi connectivity index (χ1n) is 6.78. The Labute approximate surface area is 119 Å². The van der Waals surface area contributed by atoms with Crippen LogP contribution in [0.3, 0.4) is 0 Å². The Balaban J connectivity index is 1.76. The first-order valence-corrected chi connectivity index (χ1v) is 7.66. The van der Waals surface area contributed by atoms with Gasteiger partial charge in [-0.3, -0.25) is 4.79 Å². The minimum atomic E-state index is -0.0795. The smallest absolute Gasteiger partial charge is 0.233 e. The molecule has 19 heavy (non-hydrogen) atoms. The van der Waals surface area contributed by atoms with E-state index >= 15 is 0 Å². The molecule has 0 aromatic heterocycles. The quantitative estimate of drug-likeness (QED) is 0.842. The molecule has 0 spiro atoms. The second kappa shape index (κ2) is 6.96. The molecule has 2 atom stereocenters. The molecule has 1 aromatic rings. The first-order chi connectivity index (χ1) is 9.15. The van der Waals surface area contributed by atoms with E-state index in [0.717, 1.165) is 24.3 Å². The summed E-state index contributed by atoms with van der Waals surface area (Å²) in [6.07, 6.45) is 2.37. The first kappa shape index (κ1) is 14.4. The topological polar surface area (TPSA) is 38.3 Å². The maximum atomic E-state index is 12.0. The molecule has 0 bridgehead atoms. The maximum Gasteiger partial charge on any atom is 0.233 e. The fourth-order valence-electron chi connectivity index (χ4n) is 2.04. The van der Waals surface area contributed by atoms with Crippen molar-refractivity contribution in [3.8, 4) is 0 Å². The molecule has 1 aromatic carbocycles.